The molecule has 2 aromatic rings. The standard InChI is InChI=1S/C12H10F2N4O3S/c1-5(22-11-10(20)16-12(21)18-17-11)9(19)15-8-4-6(13)2-3-7(8)14/h2-5H,1H3,(H,15,19)(H2,16,18,20,21). The molecular weight excluding hydrogens is 318 g/mol. The van der Waals surface area contributed by atoms with Crippen molar-refractivity contribution in [3.05, 3.63) is 50.7 Å². The van der Waals surface area contributed by atoms with Gasteiger partial charge in [0.2, 0.25) is 5.91 Å². The normalized spacial score (nSPS) is 12.0. The van der Waals surface area contributed by atoms with Gasteiger partial charge in [-0.2, -0.15) is 5.10 Å². The van der Waals surface area contributed by atoms with Crippen LogP contribution in [-0.4, -0.2) is 26.3 Å². The zero-order chi connectivity index (χ0) is 16.3. The van der Waals surface area contributed by atoms with E-state index in [4.69, 9.17) is 0 Å². The van der Waals surface area contributed by atoms with Gasteiger partial charge >= 0.3 is 5.69 Å². The second-order valence-corrected chi connectivity index (χ2v) is 5.52. The Bertz CT molecular complexity index is 821. The first-order valence-corrected chi connectivity index (χ1v) is 6.86. The predicted molar refractivity (Wildman–Crippen MR) is 75.8 cm³/mol. The Kier molecular flexibility index (Phi) is 4.71. The van der Waals surface area contributed by atoms with Crippen LogP contribution in [0.25, 0.3) is 0 Å². The van der Waals surface area contributed by atoms with E-state index in [2.05, 4.69) is 10.4 Å². The first-order valence-electron chi connectivity index (χ1n) is 5.98. The Balaban J connectivity index is 2.10. The number of carbonyl (C=O) groups is 1. The topological polar surface area (TPSA) is 108 Å². The van der Waals surface area contributed by atoms with E-state index in [-0.39, 0.29) is 10.7 Å². The van der Waals surface area contributed by atoms with Crippen molar-refractivity contribution >= 4 is 23.4 Å². The molecule has 1 amide bonds. The first-order chi connectivity index (χ1) is 10.4. The Hall–Kier alpha value is -2.49. The van der Waals surface area contributed by atoms with Gasteiger partial charge in [0.15, 0.2) is 5.03 Å². The second-order valence-electron chi connectivity index (χ2n) is 4.19. The Morgan fingerprint density at radius 1 is 1.36 bits per heavy atom. The Labute approximate surface area is 126 Å². The van der Waals surface area contributed by atoms with Gasteiger partial charge in [0, 0.05) is 6.07 Å². The maximum Gasteiger partial charge on any atom is 0.342 e. The van der Waals surface area contributed by atoms with Gasteiger partial charge in [-0.25, -0.2) is 18.7 Å². The average Bonchev–Trinajstić information content (AvgIpc) is 2.45. The lowest BCUT2D eigenvalue weighted by atomic mass is 10.3. The molecule has 0 aliphatic heterocycles. The number of nitrogens with one attached hydrogen (secondary N) is 3. The molecule has 0 saturated carbocycles. The smallest absolute Gasteiger partial charge is 0.323 e. The summed E-state index contributed by atoms with van der Waals surface area (Å²) < 4.78 is 26.5. The summed E-state index contributed by atoms with van der Waals surface area (Å²) >= 11 is 0.763. The molecule has 0 bridgehead atoms. The van der Waals surface area contributed by atoms with E-state index in [1.54, 1.807) is 0 Å². The number of benzene rings is 1. The van der Waals surface area contributed by atoms with Crippen LogP contribution < -0.4 is 16.6 Å². The van der Waals surface area contributed by atoms with Crippen molar-refractivity contribution < 1.29 is 13.6 Å². The van der Waals surface area contributed by atoms with Gasteiger partial charge in [-0.3, -0.25) is 14.6 Å². The second kappa shape index (κ2) is 6.52. The quantitative estimate of drug-likeness (QED) is 0.721. The molecule has 116 valence electrons. The van der Waals surface area contributed by atoms with Crippen LogP contribution in [-0.2, 0) is 4.79 Å². The molecule has 10 heteroatoms. The lowest BCUT2D eigenvalue weighted by molar-refractivity contribution is -0.115. The molecule has 1 aromatic carbocycles. The number of aromatic amines is 2. The Morgan fingerprint density at radius 3 is 2.77 bits per heavy atom. The molecule has 7 nitrogen and oxygen atoms in total. The highest BCUT2D eigenvalue weighted by Gasteiger charge is 2.19. The number of nitrogens with zero attached hydrogens (tertiary/aromatic N) is 1. The third-order valence-corrected chi connectivity index (χ3v) is 3.59. The summed E-state index contributed by atoms with van der Waals surface area (Å²) in [7, 11) is 0. The highest BCUT2D eigenvalue weighted by molar-refractivity contribution is 8.00. The third kappa shape index (κ3) is 3.79. The summed E-state index contributed by atoms with van der Waals surface area (Å²) in [6.07, 6.45) is 0. The van der Waals surface area contributed by atoms with E-state index in [0.717, 1.165) is 30.0 Å². The summed E-state index contributed by atoms with van der Waals surface area (Å²) in [6, 6.07) is 2.65. The molecule has 22 heavy (non-hydrogen) atoms. The fourth-order valence-corrected chi connectivity index (χ4v) is 2.22. The van der Waals surface area contributed by atoms with Crippen LogP contribution in [0.15, 0.2) is 32.8 Å². The van der Waals surface area contributed by atoms with Gasteiger partial charge in [0.1, 0.15) is 11.6 Å². The van der Waals surface area contributed by atoms with Gasteiger partial charge in [-0.15, -0.1) is 0 Å². The van der Waals surface area contributed by atoms with Crippen molar-refractivity contribution in [2.75, 3.05) is 5.32 Å². The number of amides is 1. The predicted octanol–water partition coefficient (Wildman–Crippen LogP) is 0.856. The van der Waals surface area contributed by atoms with E-state index in [1.807, 2.05) is 10.1 Å². The maximum absolute atomic E-state index is 13.4. The summed E-state index contributed by atoms with van der Waals surface area (Å²) in [6.45, 7) is 1.45. The van der Waals surface area contributed by atoms with Crippen LogP contribution in [0.2, 0.25) is 0 Å². The van der Waals surface area contributed by atoms with E-state index in [0.29, 0.717) is 0 Å². The number of aromatic nitrogens is 3. The van der Waals surface area contributed by atoms with Gasteiger partial charge in [-0.05, 0) is 19.1 Å². The van der Waals surface area contributed by atoms with Crippen LogP contribution >= 0.6 is 11.8 Å². The molecule has 1 heterocycles. The first kappa shape index (κ1) is 15.9. The zero-order valence-corrected chi connectivity index (χ0v) is 12.0. The monoisotopic (exact) mass is 328 g/mol. The molecule has 1 unspecified atom stereocenters. The average molecular weight is 328 g/mol. The van der Waals surface area contributed by atoms with Gasteiger partial charge in [-0.1, -0.05) is 11.8 Å². The minimum absolute atomic E-state index is 0.123. The highest BCUT2D eigenvalue weighted by Crippen LogP contribution is 2.20. The van der Waals surface area contributed by atoms with Crippen LogP contribution in [0.5, 0.6) is 0 Å². The number of anilines is 1. The van der Waals surface area contributed by atoms with Crippen molar-refractivity contribution in [1.82, 2.24) is 15.2 Å². The lowest BCUT2D eigenvalue weighted by Gasteiger charge is -2.11. The summed E-state index contributed by atoms with van der Waals surface area (Å²) in [5, 5.41) is 6.80. The molecule has 0 aliphatic carbocycles. The number of hydrogen-bond acceptors (Lipinski definition) is 5. The van der Waals surface area contributed by atoms with E-state index in [9.17, 15) is 23.2 Å². The van der Waals surface area contributed by atoms with Crippen molar-refractivity contribution in [3.63, 3.8) is 0 Å². The van der Waals surface area contributed by atoms with E-state index < -0.39 is 34.0 Å². The lowest BCUT2D eigenvalue weighted by Crippen LogP contribution is -2.28. The highest BCUT2D eigenvalue weighted by atomic mass is 32.2. The van der Waals surface area contributed by atoms with Crippen molar-refractivity contribution in [2.24, 2.45) is 0 Å². The molecule has 1 atom stereocenters. The molecule has 1 aromatic heterocycles. The van der Waals surface area contributed by atoms with Gasteiger partial charge in [0.25, 0.3) is 5.56 Å². The van der Waals surface area contributed by atoms with Crippen molar-refractivity contribution in [3.8, 4) is 0 Å². The van der Waals surface area contributed by atoms with Crippen molar-refractivity contribution in [2.45, 2.75) is 17.2 Å². The molecule has 0 aliphatic rings. The number of thioether (sulfide) groups is 1. The fraction of sp³-hybridized carbons (Fsp3) is 0.167. The number of H-pyrrole nitrogens is 2. The van der Waals surface area contributed by atoms with Gasteiger partial charge in [0.05, 0.1) is 10.9 Å². The van der Waals surface area contributed by atoms with Crippen LogP contribution in [0.4, 0.5) is 14.5 Å². The number of carbonyl (C=O) groups excluding carboxylic acids is 1. The molecule has 0 saturated heterocycles. The molecule has 0 radical (unpaired) electrons. The van der Waals surface area contributed by atoms with Crippen LogP contribution in [0.3, 0.4) is 0 Å². The molecular formula is C12H10F2N4O3S. The minimum atomic E-state index is -0.831. The summed E-state index contributed by atoms with van der Waals surface area (Å²) in [4.78, 5) is 36.2. The maximum atomic E-state index is 13.4. The third-order valence-electron chi connectivity index (χ3n) is 2.52. The van der Waals surface area contributed by atoms with E-state index >= 15 is 0 Å². The number of rotatable bonds is 4. The minimum Gasteiger partial charge on any atom is -0.323 e. The molecule has 0 spiro atoms. The summed E-state index contributed by atoms with van der Waals surface area (Å²) in [5.74, 6) is -2.13. The van der Waals surface area contributed by atoms with Gasteiger partial charge < -0.3 is 5.32 Å². The molecule has 3 N–H and O–H groups in total. The summed E-state index contributed by atoms with van der Waals surface area (Å²) in [5.41, 5.74) is -1.82. The van der Waals surface area contributed by atoms with Crippen LogP contribution in [0.1, 0.15) is 6.92 Å². The molecule has 2 rings (SSSR count). The van der Waals surface area contributed by atoms with E-state index in [1.165, 1.54) is 6.92 Å². The zero-order valence-electron chi connectivity index (χ0n) is 11.1. The van der Waals surface area contributed by atoms with Crippen molar-refractivity contribution in [1.29, 1.82) is 0 Å². The Morgan fingerprint density at radius 2 is 2.09 bits per heavy atom. The number of halogens is 2. The molecule has 0 fully saturated rings. The largest absolute Gasteiger partial charge is 0.342 e. The SMILES string of the molecule is CC(Sc1n[nH]c(=O)[nH]c1=O)C(=O)Nc1cc(F)ccc1F. The fourth-order valence-electron chi connectivity index (χ4n) is 1.47. The number of hydrogen-bond donors (Lipinski definition) is 3. The van der Waals surface area contributed by atoms with Crippen LogP contribution in [0, 0.1) is 11.6 Å².